The number of rotatable bonds is 1. The monoisotopic (exact) mass is 226 g/mol. The fourth-order valence-electron chi connectivity index (χ4n) is 0.840. The Bertz CT molecular complexity index is 339. The van der Waals surface area contributed by atoms with E-state index in [2.05, 4.69) is 21.9 Å². The van der Waals surface area contributed by atoms with E-state index in [9.17, 15) is 5.11 Å². The second-order valence-corrected chi connectivity index (χ2v) is 3.06. The summed E-state index contributed by atoms with van der Waals surface area (Å²) in [6.45, 7) is 0. The van der Waals surface area contributed by atoms with Crippen LogP contribution < -0.4 is 4.74 Å². The summed E-state index contributed by atoms with van der Waals surface area (Å²) in [7, 11) is 1.47. The molecule has 0 aromatic heterocycles. The predicted molar refractivity (Wildman–Crippen MR) is 50.3 cm³/mol. The van der Waals surface area contributed by atoms with Crippen molar-refractivity contribution in [1.82, 2.24) is 0 Å². The highest BCUT2D eigenvalue weighted by molar-refractivity contribution is 9.10. The van der Waals surface area contributed by atoms with Crippen molar-refractivity contribution in [3.8, 4) is 23.8 Å². The van der Waals surface area contributed by atoms with E-state index in [1.807, 2.05) is 0 Å². The first-order valence-corrected chi connectivity index (χ1v) is 4.01. The number of methoxy groups -OCH3 is 1. The molecule has 12 heavy (non-hydrogen) atoms. The molecule has 0 saturated carbocycles. The predicted octanol–water partition coefficient (Wildman–Crippen LogP) is 2.14. The highest BCUT2D eigenvalue weighted by Gasteiger charge is 2.06. The first kappa shape index (κ1) is 8.95. The lowest BCUT2D eigenvalue weighted by atomic mass is 10.2. The van der Waals surface area contributed by atoms with Crippen molar-refractivity contribution >= 4 is 15.9 Å². The standard InChI is InChI=1S/C9H7BrO2/c1-3-6-4-7(10)5-8(12-2)9(6)11/h1,4-5,11H,2H3. The number of aromatic hydroxyl groups is 1. The maximum atomic E-state index is 9.42. The van der Waals surface area contributed by atoms with Crippen LogP contribution in [0.25, 0.3) is 0 Å². The van der Waals surface area contributed by atoms with Crippen LogP contribution in [0.1, 0.15) is 5.56 Å². The fourth-order valence-corrected chi connectivity index (χ4v) is 1.28. The van der Waals surface area contributed by atoms with Gasteiger partial charge in [-0.05, 0) is 12.1 Å². The molecule has 0 amide bonds. The topological polar surface area (TPSA) is 29.5 Å². The summed E-state index contributed by atoms with van der Waals surface area (Å²) in [5, 5.41) is 9.42. The van der Waals surface area contributed by atoms with Crippen LogP contribution >= 0.6 is 15.9 Å². The van der Waals surface area contributed by atoms with Crippen molar-refractivity contribution in [3.05, 3.63) is 22.2 Å². The van der Waals surface area contributed by atoms with Gasteiger partial charge >= 0.3 is 0 Å². The van der Waals surface area contributed by atoms with Gasteiger partial charge in [-0.3, -0.25) is 0 Å². The van der Waals surface area contributed by atoms with Gasteiger partial charge in [0.05, 0.1) is 12.7 Å². The second-order valence-electron chi connectivity index (χ2n) is 2.15. The molecule has 1 N–H and O–H groups in total. The molecule has 0 aliphatic carbocycles. The quantitative estimate of drug-likeness (QED) is 0.744. The molecule has 1 aromatic rings. The molecule has 1 rings (SSSR count). The third kappa shape index (κ3) is 1.54. The average molecular weight is 227 g/mol. The van der Waals surface area contributed by atoms with Crippen molar-refractivity contribution < 1.29 is 9.84 Å². The van der Waals surface area contributed by atoms with Crippen LogP contribution in [0.4, 0.5) is 0 Å². The van der Waals surface area contributed by atoms with Gasteiger partial charge in [0.25, 0.3) is 0 Å². The number of phenolic OH excluding ortho intramolecular Hbond substituents is 1. The number of phenols is 1. The maximum absolute atomic E-state index is 9.42. The van der Waals surface area contributed by atoms with Crippen LogP contribution in [0.5, 0.6) is 11.5 Å². The molecular formula is C9H7BrO2. The molecule has 1 aromatic carbocycles. The van der Waals surface area contributed by atoms with E-state index in [0.29, 0.717) is 11.3 Å². The molecule has 0 atom stereocenters. The minimum Gasteiger partial charge on any atom is -0.503 e. The molecule has 0 radical (unpaired) electrons. The Labute approximate surface area is 79.3 Å². The van der Waals surface area contributed by atoms with E-state index in [1.54, 1.807) is 12.1 Å². The number of halogens is 1. The van der Waals surface area contributed by atoms with Gasteiger partial charge in [-0.15, -0.1) is 6.42 Å². The zero-order chi connectivity index (χ0) is 9.14. The molecule has 0 unspecified atom stereocenters. The molecule has 2 nitrogen and oxygen atoms in total. The van der Waals surface area contributed by atoms with E-state index in [0.717, 1.165) is 4.47 Å². The minimum absolute atomic E-state index is 0.00296. The van der Waals surface area contributed by atoms with Crippen molar-refractivity contribution in [2.75, 3.05) is 7.11 Å². The molecule has 0 fully saturated rings. The van der Waals surface area contributed by atoms with Crippen molar-refractivity contribution in [3.63, 3.8) is 0 Å². The Morgan fingerprint density at radius 1 is 1.58 bits per heavy atom. The van der Waals surface area contributed by atoms with Crippen LogP contribution in [0, 0.1) is 12.3 Å². The SMILES string of the molecule is C#Cc1cc(Br)cc(OC)c1O. The van der Waals surface area contributed by atoms with E-state index in [1.165, 1.54) is 7.11 Å². The summed E-state index contributed by atoms with van der Waals surface area (Å²) in [5.41, 5.74) is 0.418. The largest absolute Gasteiger partial charge is 0.503 e. The van der Waals surface area contributed by atoms with Crippen LogP contribution in [0.15, 0.2) is 16.6 Å². The van der Waals surface area contributed by atoms with Gasteiger partial charge in [0, 0.05) is 4.47 Å². The zero-order valence-corrected chi connectivity index (χ0v) is 8.05. The van der Waals surface area contributed by atoms with Gasteiger partial charge in [0.1, 0.15) is 0 Å². The number of benzene rings is 1. The summed E-state index contributed by atoms with van der Waals surface area (Å²) in [4.78, 5) is 0. The highest BCUT2D eigenvalue weighted by atomic mass is 79.9. The van der Waals surface area contributed by atoms with Gasteiger partial charge in [-0.25, -0.2) is 0 Å². The highest BCUT2D eigenvalue weighted by Crippen LogP contribution is 2.32. The fraction of sp³-hybridized carbons (Fsp3) is 0.111. The Balaban J connectivity index is 3.34. The molecule has 0 heterocycles. The van der Waals surface area contributed by atoms with E-state index in [-0.39, 0.29) is 5.75 Å². The van der Waals surface area contributed by atoms with Crippen LogP contribution in [-0.2, 0) is 0 Å². The normalized spacial score (nSPS) is 9.08. The molecule has 0 saturated heterocycles. The summed E-state index contributed by atoms with van der Waals surface area (Å²) >= 11 is 3.24. The number of ether oxygens (including phenoxy) is 1. The third-order valence-corrected chi connectivity index (χ3v) is 1.87. The zero-order valence-electron chi connectivity index (χ0n) is 6.47. The number of hydrogen-bond acceptors (Lipinski definition) is 2. The lowest BCUT2D eigenvalue weighted by Gasteiger charge is -2.05. The minimum atomic E-state index is 0.00296. The summed E-state index contributed by atoms with van der Waals surface area (Å²) in [5.74, 6) is 2.73. The maximum Gasteiger partial charge on any atom is 0.173 e. The van der Waals surface area contributed by atoms with Crippen molar-refractivity contribution in [2.24, 2.45) is 0 Å². The van der Waals surface area contributed by atoms with Gasteiger partial charge in [0.2, 0.25) is 0 Å². The van der Waals surface area contributed by atoms with E-state index < -0.39 is 0 Å². The Morgan fingerprint density at radius 2 is 2.25 bits per heavy atom. The van der Waals surface area contributed by atoms with Crippen molar-refractivity contribution in [2.45, 2.75) is 0 Å². The Morgan fingerprint density at radius 3 is 2.75 bits per heavy atom. The number of terminal acetylenes is 1. The molecule has 62 valence electrons. The molecule has 0 bridgehead atoms. The summed E-state index contributed by atoms with van der Waals surface area (Å²) < 4.78 is 5.68. The molecule has 0 aliphatic rings. The van der Waals surface area contributed by atoms with E-state index >= 15 is 0 Å². The lowest BCUT2D eigenvalue weighted by molar-refractivity contribution is 0.372. The van der Waals surface area contributed by atoms with Crippen LogP contribution in [0.2, 0.25) is 0 Å². The van der Waals surface area contributed by atoms with Gasteiger partial charge in [0.15, 0.2) is 11.5 Å². The lowest BCUT2D eigenvalue weighted by Crippen LogP contribution is -1.86. The Hall–Kier alpha value is -1.14. The molecule has 0 aliphatic heterocycles. The average Bonchev–Trinajstić information content (AvgIpc) is 2.08. The second kappa shape index (κ2) is 3.51. The van der Waals surface area contributed by atoms with Crippen molar-refractivity contribution in [1.29, 1.82) is 0 Å². The molecule has 0 spiro atoms. The summed E-state index contributed by atoms with van der Waals surface area (Å²) in [6, 6.07) is 3.30. The molecule has 3 heteroatoms. The first-order chi connectivity index (χ1) is 5.69. The summed E-state index contributed by atoms with van der Waals surface area (Å²) in [6.07, 6.45) is 5.16. The molecular weight excluding hydrogens is 220 g/mol. The van der Waals surface area contributed by atoms with E-state index in [4.69, 9.17) is 11.2 Å². The number of hydrogen-bond donors (Lipinski definition) is 1. The van der Waals surface area contributed by atoms with Gasteiger partial charge in [-0.1, -0.05) is 21.9 Å². The first-order valence-electron chi connectivity index (χ1n) is 3.22. The van der Waals surface area contributed by atoms with Crippen LogP contribution in [-0.4, -0.2) is 12.2 Å². The Kier molecular flexibility index (Phi) is 2.61. The van der Waals surface area contributed by atoms with Gasteiger partial charge in [-0.2, -0.15) is 0 Å². The smallest absolute Gasteiger partial charge is 0.173 e. The van der Waals surface area contributed by atoms with Gasteiger partial charge < -0.3 is 9.84 Å². The third-order valence-electron chi connectivity index (χ3n) is 1.42. The van der Waals surface area contributed by atoms with Crippen LogP contribution in [0.3, 0.4) is 0 Å².